The van der Waals surface area contributed by atoms with Crippen molar-refractivity contribution in [2.75, 3.05) is 53.5 Å². The molecular formula is C10H22ClN3O3S. The number of hydrogen-bond donors (Lipinski definition) is 1. The molecule has 6 nitrogen and oxygen atoms in total. The molecule has 0 bridgehead atoms. The Balaban J connectivity index is 0.00000162. The van der Waals surface area contributed by atoms with Crippen LogP contribution < -0.4 is 5.32 Å². The van der Waals surface area contributed by atoms with Crippen LogP contribution >= 0.6 is 12.4 Å². The summed E-state index contributed by atoms with van der Waals surface area (Å²) in [6.45, 7) is 4.02. The normalized spacial score (nSPS) is 28.4. The minimum absolute atomic E-state index is 0. The molecule has 2 rings (SSSR count). The molecular weight excluding hydrogens is 278 g/mol. The van der Waals surface area contributed by atoms with E-state index in [0.717, 1.165) is 13.1 Å². The van der Waals surface area contributed by atoms with Gasteiger partial charge in [-0.3, -0.25) is 0 Å². The number of hydrogen-bond acceptors (Lipinski definition) is 4. The second-order valence-electron chi connectivity index (χ2n) is 4.82. The van der Waals surface area contributed by atoms with Crippen molar-refractivity contribution in [1.29, 1.82) is 0 Å². The molecule has 2 aliphatic rings. The maximum atomic E-state index is 12.2. The first-order valence-corrected chi connectivity index (χ1v) is 7.36. The van der Waals surface area contributed by atoms with Crippen molar-refractivity contribution in [3.63, 3.8) is 0 Å². The van der Waals surface area contributed by atoms with Gasteiger partial charge in [-0.2, -0.15) is 17.0 Å². The highest BCUT2D eigenvalue weighted by Gasteiger charge is 2.42. The third-order valence-corrected chi connectivity index (χ3v) is 5.61. The predicted molar refractivity (Wildman–Crippen MR) is 72.1 cm³/mol. The molecule has 0 amide bonds. The lowest BCUT2D eigenvalue weighted by molar-refractivity contribution is 0.182. The summed E-state index contributed by atoms with van der Waals surface area (Å²) in [7, 11) is -0.107. The van der Waals surface area contributed by atoms with E-state index < -0.39 is 10.2 Å². The standard InChI is InChI=1S/C10H21N3O3S.ClH/c1-12(3-4-16-2)17(14,15)13-7-9-5-11-6-10(9)8-13;/h9-11H,3-8H2,1-2H3;1H/t9-,10+;. The van der Waals surface area contributed by atoms with Crippen molar-refractivity contribution >= 4 is 22.6 Å². The van der Waals surface area contributed by atoms with Gasteiger partial charge in [0.15, 0.2) is 0 Å². The molecule has 2 aliphatic heterocycles. The SMILES string of the molecule is COCCN(C)S(=O)(=O)N1C[C@H]2CNC[C@H]2C1.Cl. The first-order valence-electron chi connectivity index (χ1n) is 5.96. The van der Waals surface area contributed by atoms with Gasteiger partial charge in [-0.25, -0.2) is 0 Å². The number of methoxy groups -OCH3 is 1. The molecule has 0 aromatic rings. The highest BCUT2D eigenvalue weighted by Crippen LogP contribution is 2.28. The monoisotopic (exact) mass is 299 g/mol. The Hall–Kier alpha value is 0.0800. The molecule has 1 N–H and O–H groups in total. The zero-order valence-corrected chi connectivity index (χ0v) is 12.5. The summed E-state index contributed by atoms with van der Waals surface area (Å²) in [5, 5.41) is 3.30. The van der Waals surface area contributed by atoms with Crippen LogP contribution in [0.5, 0.6) is 0 Å². The largest absolute Gasteiger partial charge is 0.383 e. The molecule has 2 heterocycles. The Morgan fingerprint density at radius 1 is 1.33 bits per heavy atom. The summed E-state index contributed by atoms with van der Waals surface area (Å²) >= 11 is 0. The van der Waals surface area contributed by atoms with E-state index in [2.05, 4.69) is 5.32 Å². The molecule has 0 aliphatic carbocycles. The maximum absolute atomic E-state index is 12.2. The number of rotatable bonds is 5. The molecule has 0 aromatic carbocycles. The summed E-state index contributed by atoms with van der Waals surface area (Å²) in [4.78, 5) is 0. The van der Waals surface area contributed by atoms with Crippen LogP contribution in [-0.2, 0) is 14.9 Å². The molecule has 0 spiro atoms. The minimum atomic E-state index is -3.29. The van der Waals surface area contributed by atoms with Crippen LogP contribution in [0, 0.1) is 11.8 Å². The highest BCUT2D eigenvalue weighted by atomic mass is 35.5. The summed E-state index contributed by atoms with van der Waals surface area (Å²) in [6.07, 6.45) is 0. The van der Waals surface area contributed by atoms with E-state index in [9.17, 15) is 8.42 Å². The number of nitrogens with zero attached hydrogens (tertiary/aromatic N) is 2. The van der Waals surface area contributed by atoms with Gasteiger partial charge in [0.1, 0.15) is 0 Å². The van der Waals surface area contributed by atoms with Crippen LogP contribution in [0.25, 0.3) is 0 Å². The Morgan fingerprint density at radius 2 is 1.89 bits per heavy atom. The van der Waals surface area contributed by atoms with Gasteiger partial charge >= 0.3 is 0 Å². The van der Waals surface area contributed by atoms with Crippen LogP contribution in [-0.4, -0.2) is 70.5 Å². The fraction of sp³-hybridized carbons (Fsp3) is 1.00. The second-order valence-corrected chi connectivity index (χ2v) is 6.85. The van der Waals surface area contributed by atoms with E-state index in [1.807, 2.05) is 0 Å². The quantitative estimate of drug-likeness (QED) is 0.735. The van der Waals surface area contributed by atoms with Gasteiger partial charge < -0.3 is 10.1 Å². The fourth-order valence-corrected chi connectivity index (χ4v) is 3.99. The van der Waals surface area contributed by atoms with Crippen molar-refractivity contribution in [2.45, 2.75) is 0 Å². The zero-order valence-electron chi connectivity index (χ0n) is 10.8. The highest BCUT2D eigenvalue weighted by molar-refractivity contribution is 7.86. The van der Waals surface area contributed by atoms with Crippen LogP contribution in [0.2, 0.25) is 0 Å². The average molecular weight is 300 g/mol. The van der Waals surface area contributed by atoms with Crippen LogP contribution in [0.3, 0.4) is 0 Å². The van der Waals surface area contributed by atoms with Gasteiger partial charge in [0.2, 0.25) is 0 Å². The zero-order chi connectivity index (χ0) is 12.5. The molecule has 2 atom stereocenters. The number of fused-ring (bicyclic) bond motifs is 1. The number of likely N-dealkylation sites (N-methyl/N-ethyl adjacent to an activating group) is 1. The van der Waals surface area contributed by atoms with Crippen molar-refractivity contribution < 1.29 is 13.2 Å². The maximum Gasteiger partial charge on any atom is 0.281 e. The number of halogens is 1. The predicted octanol–water partition coefficient (Wildman–Crippen LogP) is -0.618. The Bertz CT molecular complexity index is 353. The van der Waals surface area contributed by atoms with E-state index in [1.54, 1.807) is 18.5 Å². The summed E-state index contributed by atoms with van der Waals surface area (Å²) in [5.74, 6) is 0.973. The van der Waals surface area contributed by atoms with E-state index in [-0.39, 0.29) is 12.4 Å². The Kier molecular flexibility index (Phi) is 5.82. The van der Waals surface area contributed by atoms with Gasteiger partial charge in [-0.15, -0.1) is 12.4 Å². The molecule has 0 saturated carbocycles. The third-order valence-electron chi connectivity index (χ3n) is 3.69. The lowest BCUT2D eigenvalue weighted by Gasteiger charge is -2.24. The van der Waals surface area contributed by atoms with Gasteiger partial charge in [0.05, 0.1) is 6.61 Å². The van der Waals surface area contributed by atoms with E-state index in [4.69, 9.17) is 4.74 Å². The van der Waals surface area contributed by atoms with Gasteiger partial charge in [0, 0.05) is 33.8 Å². The van der Waals surface area contributed by atoms with Crippen molar-refractivity contribution in [2.24, 2.45) is 11.8 Å². The number of ether oxygens (including phenoxy) is 1. The van der Waals surface area contributed by atoms with E-state index in [0.29, 0.717) is 38.1 Å². The molecule has 0 aromatic heterocycles. The van der Waals surface area contributed by atoms with Gasteiger partial charge in [0.25, 0.3) is 10.2 Å². The summed E-state index contributed by atoms with van der Waals surface area (Å²) in [6, 6.07) is 0. The van der Waals surface area contributed by atoms with E-state index >= 15 is 0 Å². The average Bonchev–Trinajstić information content (AvgIpc) is 2.85. The molecule has 18 heavy (non-hydrogen) atoms. The van der Waals surface area contributed by atoms with Crippen LogP contribution in [0.1, 0.15) is 0 Å². The molecule has 0 radical (unpaired) electrons. The Morgan fingerprint density at radius 3 is 2.39 bits per heavy atom. The smallest absolute Gasteiger partial charge is 0.281 e. The van der Waals surface area contributed by atoms with Crippen molar-refractivity contribution in [1.82, 2.24) is 13.9 Å². The molecule has 0 unspecified atom stereocenters. The first kappa shape index (κ1) is 16.1. The minimum Gasteiger partial charge on any atom is -0.383 e. The fourth-order valence-electron chi connectivity index (χ4n) is 2.53. The lowest BCUT2D eigenvalue weighted by atomic mass is 10.0. The molecule has 2 fully saturated rings. The van der Waals surface area contributed by atoms with Crippen LogP contribution in [0.15, 0.2) is 0 Å². The summed E-state index contributed by atoms with van der Waals surface area (Å²) < 4.78 is 32.4. The van der Waals surface area contributed by atoms with Gasteiger partial charge in [-0.1, -0.05) is 0 Å². The molecule has 8 heteroatoms. The van der Waals surface area contributed by atoms with Crippen molar-refractivity contribution in [3.8, 4) is 0 Å². The second kappa shape index (κ2) is 6.49. The van der Waals surface area contributed by atoms with Gasteiger partial charge in [-0.05, 0) is 24.9 Å². The molecule has 108 valence electrons. The topological polar surface area (TPSA) is 61.9 Å². The van der Waals surface area contributed by atoms with Crippen molar-refractivity contribution in [3.05, 3.63) is 0 Å². The summed E-state index contributed by atoms with van der Waals surface area (Å²) in [5.41, 5.74) is 0. The lowest BCUT2D eigenvalue weighted by Crippen LogP contribution is -2.43. The number of nitrogens with one attached hydrogen (secondary N) is 1. The Labute approximate surface area is 115 Å². The first-order chi connectivity index (χ1) is 8.05. The van der Waals surface area contributed by atoms with E-state index in [1.165, 1.54) is 4.31 Å². The molecule has 2 saturated heterocycles. The third kappa shape index (κ3) is 3.15. The van der Waals surface area contributed by atoms with Crippen LogP contribution in [0.4, 0.5) is 0 Å².